The zero-order valence-electron chi connectivity index (χ0n) is 18.1. The van der Waals surface area contributed by atoms with E-state index < -0.39 is 7.26 Å². The molecule has 0 aliphatic carbocycles. The fourth-order valence-electron chi connectivity index (χ4n) is 3.96. The summed E-state index contributed by atoms with van der Waals surface area (Å²) in [6, 6.07) is 48.9. The minimum Gasteiger partial charge on any atom is -0.872 e. The van der Waals surface area contributed by atoms with Gasteiger partial charge in [-0.25, -0.2) is 0 Å². The minimum atomic E-state index is -2.08. The van der Waals surface area contributed by atoms with Crippen molar-refractivity contribution in [1.29, 1.82) is 0 Å². The average Bonchev–Trinajstić information content (AvgIpc) is 2.88. The quantitative estimate of drug-likeness (QED) is 0.311. The molecule has 0 fully saturated rings. The van der Waals surface area contributed by atoms with Crippen molar-refractivity contribution >= 4 is 40.1 Å². The highest BCUT2D eigenvalue weighted by atomic mass is 35.5. The smallest absolute Gasteiger partial charge is 0.145 e. The molecular weight excluding hydrogens is 443 g/mol. The van der Waals surface area contributed by atoms with Crippen LogP contribution in [-0.2, 0) is 0 Å². The van der Waals surface area contributed by atoms with Gasteiger partial charge in [0.2, 0.25) is 0 Å². The summed E-state index contributed by atoms with van der Waals surface area (Å²) in [7, 11) is -2.08. The van der Waals surface area contributed by atoms with Crippen LogP contribution < -0.4 is 26.3 Å². The summed E-state index contributed by atoms with van der Waals surface area (Å²) >= 11 is 6.79. The summed E-state index contributed by atoms with van der Waals surface area (Å²) in [5.41, 5.74) is 0. The molecule has 5 rings (SSSR count). The first-order valence-corrected chi connectivity index (χ1v) is 12.9. The zero-order chi connectivity index (χ0) is 22.9. The van der Waals surface area contributed by atoms with Crippen molar-refractivity contribution in [2.24, 2.45) is 0 Å². The van der Waals surface area contributed by atoms with Crippen molar-refractivity contribution in [1.82, 2.24) is 0 Å². The monoisotopic (exact) mass is 466 g/mol. The number of para-hydroxylation sites is 1. The second-order valence-corrected chi connectivity index (χ2v) is 11.2. The Labute approximate surface area is 201 Å². The van der Waals surface area contributed by atoms with Crippen LogP contribution in [0.3, 0.4) is 0 Å². The molecule has 0 spiro atoms. The van der Waals surface area contributed by atoms with E-state index in [4.69, 9.17) is 11.6 Å². The van der Waals surface area contributed by atoms with Crippen LogP contribution in [-0.4, -0.2) is 0 Å². The van der Waals surface area contributed by atoms with Gasteiger partial charge in [0.15, 0.2) is 0 Å². The van der Waals surface area contributed by atoms with Crippen LogP contribution in [0.2, 0.25) is 5.02 Å². The van der Waals surface area contributed by atoms with Crippen LogP contribution in [0.15, 0.2) is 146 Å². The van der Waals surface area contributed by atoms with Gasteiger partial charge < -0.3 is 5.11 Å². The second-order valence-electron chi connectivity index (χ2n) is 7.44. The normalized spacial score (nSPS) is 10.7. The van der Waals surface area contributed by atoms with Crippen LogP contribution >= 0.6 is 18.9 Å². The standard InChI is InChI=1S/C24H19ClP.C6H6O/c25-23-18-10-11-19-24(23)26(20-12-4-1-5-13-20,21-14-6-2-7-15-21)22-16-8-3-9-17-22;7-6-4-2-1-3-5-6/h1-19H;1-5,7H/q+1;/p-1. The summed E-state index contributed by atoms with van der Waals surface area (Å²) < 4.78 is 0. The molecule has 0 saturated heterocycles. The summed E-state index contributed by atoms with van der Waals surface area (Å²) in [6.45, 7) is 0. The SMILES string of the molecule is Clc1ccccc1[P+](c1ccccc1)(c1ccccc1)c1ccccc1.[O-]c1ccccc1. The van der Waals surface area contributed by atoms with E-state index in [0.29, 0.717) is 0 Å². The molecule has 0 saturated carbocycles. The highest BCUT2D eigenvalue weighted by Crippen LogP contribution is 2.55. The maximum atomic E-state index is 10.3. The number of halogens is 1. The summed E-state index contributed by atoms with van der Waals surface area (Å²) in [6.07, 6.45) is 0. The average molecular weight is 467 g/mol. The lowest BCUT2D eigenvalue weighted by Gasteiger charge is -2.28. The predicted octanol–water partition coefficient (Wildman–Crippen LogP) is 5.72. The van der Waals surface area contributed by atoms with Gasteiger partial charge in [-0.05, 0) is 48.5 Å². The van der Waals surface area contributed by atoms with Gasteiger partial charge in [-0.1, -0.05) is 109 Å². The van der Waals surface area contributed by atoms with Crippen molar-refractivity contribution in [2.75, 3.05) is 0 Å². The van der Waals surface area contributed by atoms with Gasteiger partial charge in [-0.2, -0.15) is 0 Å². The van der Waals surface area contributed by atoms with E-state index in [1.54, 1.807) is 12.1 Å². The van der Waals surface area contributed by atoms with E-state index in [9.17, 15) is 5.11 Å². The highest BCUT2D eigenvalue weighted by Gasteiger charge is 2.48. The minimum absolute atomic E-state index is 0.0718. The van der Waals surface area contributed by atoms with E-state index >= 15 is 0 Å². The second kappa shape index (κ2) is 11.0. The van der Waals surface area contributed by atoms with E-state index in [1.165, 1.54) is 33.4 Å². The Balaban J connectivity index is 0.000000318. The van der Waals surface area contributed by atoms with Gasteiger partial charge in [0.25, 0.3) is 0 Å². The van der Waals surface area contributed by atoms with Crippen LogP contribution in [0.1, 0.15) is 0 Å². The van der Waals surface area contributed by atoms with E-state index in [-0.39, 0.29) is 5.75 Å². The van der Waals surface area contributed by atoms with Gasteiger partial charge in [0.1, 0.15) is 28.5 Å². The number of hydrogen-bond acceptors (Lipinski definition) is 1. The Morgan fingerprint density at radius 1 is 0.424 bits per heavy atom. The summed E-state index contributed by atoms with van der Waals surface area (Å²) in [5, 5.41) is 16.2. The Bertz CT molecular complexity index is 1160. The predicted molar refractivity (Wildman–Crippen MR) is 142 cm³/mol. The van der Waals surface area contributed by atoms with Crippen LogP contribution in [0.25, 0.3) is 0 Å². The molecule has 1 nitrogen and oxygen atoms in total. The van der Waals surface area contributed by atoms with E-state index in [0.717, 1.165) is 5.02 Å². The van der Waals surface area contributed by atoms with E-state index in [1.807, 2.05) is 18.2 Å². The third-order valence-electron chi connectivity index (χ3n) is 5.39. The van der Waals surface area contributed by atoms with Gasteiger partial charge in [0.05, 0.1) is 5.02 Å². The number of benzene rings is 5. The molecule has 0 radical (unpaired) electrons. The third kappa shape index (κ3) is 5.01. The fourth-order valence-corrected chi connectivity index (χ4v) is 8.77. The Morgan fingerprint density at radius 3 is 1.09 bits per heavy atom. The lowest BCUT2D eigenvalue weighted by molar-refractivity contribution is -0.268. The Kier molecular flexibility index (Phi) is 7.58. The fraction of sp³-hybridized carbons (Fsp3) is 0. The van der Waals surface area contributed by atoms with Gasteiger partial charge in [-0.3, -0.25) is 0 Å². The van der Waals surface area contributed by atoms with Gasteiger partial charge >= 0.3 is 0 Å². The first kappa shape index (κ1) is 22.8. The molecule has 0 bridgehead atoms. The van der Waals surface area contributed by atoms with Crippen molar-refractivity contribution < 1.29 is 5.11 Å². The topological polar surface area (TPSA) is 23.1 Å². The van der Waals surface area contributed by atoms with Crippen LogP contribution in [0, 0.1) is 0 Å². The number of rotatable bonds is 4. The van der Waals surface area contributed by atoms with Crippen molar-refractivity contribution in [2.45, 2.75) is 0 Å². The maximum absolute atomic E-state index is 10.3. The maximum Gasteiger partial charge on any atom is 0.145 e. The van der Waals surface area contributed by atoms with Gasteiger partial charge in [-0.15, -0.1) is 5.75 Å². The Morgan fingerprint density at radius 2 is 0.758 bits per heavy atom. The van der Waals surface area contributed by atoms with Crippen molar-refractivity contribution in [3.63, 3.8) is 0 Å². The largest absolute Gasteiger partial charge is 0.872 e. The molecule has 0 N–H and O–H groups in total. The molecule has 0 amide bonds. The molecule has 0 aliphatic heterocycles. The molecule has 0 heterocycles. The lowest BCUT2D eigenvalue weighted by atomic mass is 10.3. The summed E-state index contributed by atoms with van der Waals surface area (Å²) in [5.74, 6) is 0.0718. The molecule has 0 aromatic heterocycles. The molecule has 0 unspecified atom stereocenters. The van der Waals surface area contributed by atoms with Crippen molar-refractivity contribution in [3.8, 4) is 5.75 Å². The third-order valence-corrected chi connectivity index (χ3v) is 10.2. The molecule has 0 aliphatic rings. The molecule has 0 atom stereocenters. The molecule has 5 aromatic rings. The molecule has 33 heavy (non-hydrogen) atoms. The molecule has 5 aromatic carbocycles. The van der Waals surface area contributed by atoms with Crippen molar-refractivity contribution in [3.05, 3.63) is 151 Å². The first-order valence-electron chi connectivity index (χ1n) is 10.8. The van der Waals surface area contributed by atoms with Gasteiger partial charge in [0, 0.05) is 0 Å². The molecular formula is C30H24ClOP. The molecule has 3 heteroatoms. The first-order chi connectivity index (χ1) is 16.2. The van der Waals surface area contributed by atoms with Crippen LogP contribution in [0.5, 0.6) is 5.75 Å². The molecule has 162 valence electrons. The summed E-state index contributed by atoms with van der Waals surface area (Å²) in [4.78, 5) is 0. The number of hydrogen-bond donors (Lipinski definition) is 0. The zero-order valence-corrected chi connectivity index (χ0v) is 19.7. The van der Waals surface area contributed by atoms with Crippen LogP contribution in [0.4, 0.5) is 0 Å². The lowest BCUT2D eigenvalue weighted by Crippen LogP contribution is -2.39. The Hall–Kier alpha value is -3.38. The van der Waals surface area contributed by atoms with E-state index in [2.05, 4.69) is 103 Å². The highest BCUT2D eigenvalue weighted by molar-refractivity contribution is 8.01.